The number of likely N-dealkylation sites (tertiary alicyclic amines) is 2. The van der Waals surface area contributed by atoms with Gasteiger partial charge in [0.15, 0.2) is 17.4 Å². The first-order valence-electron chi connectivity index (χ1n) is 16.3. The quantitative estimate of drug-likeness (QED) is 0.170. The molecule has 6 heterocycles. The molecule has 0 N–H and O–H groups in total. The van der Waals surface area contributed by atoms with E-state index in [-0.39, 0.29) is 23.9 Å². The number of nitrogens with zero attached hydrogens (tertiary/aromatic N) is 10. The fourth-order valence-corrected chi connectivity index (χ4v) is 7.56. The van der Waals surface area contributed by atoms with Crippen LogP contribution < -0.4 is 0 Å². The van der Waals surface area contributed by atoms with Crippen LogP contribution in [-0.2, 0) is 0 Å². The molecule has 0 saturated carbocycles. The summed E-state index contributed by atoms with van der Waals surface area (Å²) in [5.74, 6) is 1.42. The number of thiophene rings is 1. The van der Waals surface area contributed by atoms with Crippen molar-refractivity contribution in [1.82, 2.24) is 50.2 Å². The number of hydrogen-bond donors (Lipinski definition) is 0. The van der Waals surface area contributed by atoms with E-state index in [9.17, 15) is 9.59 Å². The second-order valence-electron chi connectivity index (χ2n) is 11.8. The van der Waals surface area contributed by atoms with Crippen LogP contribution in [0, 0.1) is 0 Å². The van der Waals surface area contributed by atoms with Crippen LogP contribution in [0.2, 0.25) is 0 Å². The van der Waals surface area contributed by atoms with E-state index in [1.807, 2.05) is 70.9 Å². The summed E-state index contributed by atoms with van der Waals surface area (Å²) in [6.45, 7) is 1.39. The summed E-state index contributed by atoms with van der Waals surface area (Å²) in [5, 5.41) is 27.7. The van der Waals surface area contributed by atoms with Crippen LogP contribution in [0.3, 0.4) is 0 Å². The van der Waals surface area contributed by atoms with Crippen molar-refractivity contribution in [2.45, 2.75) is 50.6 Å². The normalized spacial score (nSPS) is 17.6. The minimum Gasteiger partial charge on any atom is -0.459 e. The fraction of sp³-hybridized carbons (Fsp3) is 0.294. The molecule has 2 unspecified atom stereocenters. The molecule has 4 aromatic heterocycles. The van der Waals surface area contributed by atoms with Crippen molar-refractivity contribution in [2.75, 3.05) is 13.1 Å². The molecule has 2 amide bonds. The second-order valence-corrected chi connectivity index (χ2v) is 14.6. The van der Waals surface area contributed by atoms with Crippen LogP contribution in [0.15, 0.2) is 97.8 Å². The third-order valence-corrected chi connectivity index (χ3v) is 10.4. The maximum absolute atomic E-state index is 12.8. The van der Waals surface area contributed by atoms with E-state index in [0.29, 0.717) is 24.0 Å². The van der Waals surface area contributed by atoms with E-state index >= 15 is 0 Å². The van der Waals surface area contributed by atoms with Gasteiger partial charge in [-0.3, -0.25) is 9.59 Å². The predicted molar refractivity (Wildman–Crippen MR) is 192 cm³/mol. The number of piperidine rings is 2. The maximum Gasteiger partial charge on any atom is 0.290 e. The van der Waals surface area contributed by atoms with Crippen molar-refractivity contribution >= 4 is 55.0 Å². The molecule has 2 aliphatic rings. The summed E-state index contributed by atoms with van der Waals surface area (Å²) in [6, 6.07) is 22.3. The van der Waals surface area contributed by atoms with Gasteiger partial charge >= 0.3 is 0 Å². The van der Waals surface area contributed by atoms with Gasteiger partial charge in [0.25, 0.3) is 11.8 Å². The van der Waals surface area contributed by atoms with Gasteiger partial charge in [0.2, 0.25) is 0 Å². The third-order valence-electron chi connectivity index (χ3n) is 8.52. The summed E-state index contributed by atoms with van der Waals surface area (Å²) in [7, 11) is 0. The van der Waals surface area contributed by atoms with Crippen molar-refractivity contribution in [2.24, 2.45) is 0 Å². The molecule has 2 fully saturated rings. The van der Waals surface area contributed by atoms with Gasteiger partial charge in [0.1, 0.15) is 0 Å². The Hall–Kier alpha value is -4.54. The Morgan fingerprint density at radius 2 is 1.28 bits per heavy atom. The van der Waals surface area contributed by atoms with Gasteiger partial charge in [0, 0.05) is 22.0 Å². The standard InChI is InChI=1S/C17H16BrN5O2.C17H16BrN5OS/c2*18-12-5-3-6-13(11-12)23-20-16(19-21-23)14-7-1-2-9-22(14)17(24)15-8-4-10-25-15/h2*3-6,8,10-11,14H,1-2,7,9H2. The summed E-state index contributed by atoms with van der Waals surface area (Å²) >= 11 is 8.36. The zero-order chi connectivity index (χ0) is 34.5. The monoisotopic (exact) mass is 818 g/mol. The van der Waals surface area contributed by atoms with Crippen LogP contribution in [0.4, 0.5) is 0 Å². The number of amides is 2. The van der Waals surface area contributed by atoms with Crippen LogP contribution >= 0.6 is 43.2 Å². The first-order valence-corrected chi connectivity index (χ1v) is 18.7. The lowest BCUT2D eigenvalue weighted by molar-refractivity contribution is 0.0566. The number of furan rings is 1. The molecule has 0 radical (unpaired) electrons. The van der Waals surface area contributed by atoms with Gasteiger partial charge < -0.3 is 14.2 Å². The van der Waals surface area contributed by atoms with Gasteiger partial charge in [-0.2, -0.15) is 0 Å². The summed E-state index contributed by atoms with van der Waals surface area (Å²) in [6.07, 6.45) is 7.24. The van der Waals surface area contributed by atoms with Crippen molar-refractivity contribution in [3.05, 3.63) is 116 Å². The highest BCUT2D eigenvalue weighted by atomic mass is 79.9. The topological polar surface area (TPSA) is 141 Å². The highest BCUT2D eigenvalue weighted by Gasteiger charge is 2.34. The average molecular weight is 821 g/mol. The zero-order valence-corrected chi connectivity index (χ0v) is 30.7. The van der Waals surface area contributed by atoms with Gasteiger partial charge in [-0.25, -0.2) is 0 Å². The summed E-state index contributed by atoms with van der Waals surface area (Å²) in [4.78, 5) is 33.0. The first-order chi connectivity index (χ1) is 24.4. The van der Waals surface area contributed by atoms with Crippen LogP contribution in [0.25, 0.3) is 11.4 Å². The molecule has 0 aliphatic carbocycles. The van der Waals surface area contributed by atoms with E-state index in [1.54, 1.807) is 17.0 Å². The minimum absolute atomic E-state index is 0.0542. The molecule has 2 atom stereocenters. The molecule has 0 spiro atoms. The first kappa shape index (κ1) is 33.9. The largest absolute Gasteiger partial charge is 0.459 e. The highest BCUT2D eigenvalue weighted by Crippen LogP contribution is 2.32. The Bertz CT molecular complexity index is 1900. The van der Waals surface area contributed by atoms with Gasteiger partial charge in [-0.15, -0.1) is 41.3 Å². The van der Waals surface area contributed by atoms with E-state index in [1.165, 1.54) is 27.2 Å². The van der Waals surface area contributed by atoms with Crippen LogP contribution in [-0.4, -0.2) is 75.1 Å². The third kappa shape index (κ3) is 7.61. The second kappa shape index (κ2) is 15.6. The molecular weight excluding hydrogens is 788 g/mol. The number of carbonyl (C=O) groups excluding carboxylic acids is 2. The number of rotatable bonds is 6. The molecule has 256 valence electrons. The minimum atomic E-state index is -0.188. The molecule has 8 rings (SSSR count). The Kier molecular flexibility index (Phi) is 10.6. The van der Waals surface area contributed by atoms with Crippen molar-refractivity contribution in [3.63, 3.8) is 0 Å². The lowest BCUT2D eigenvalue weighted by Gasteiger charge is -2.33. The van der Waals surface area contributed by atoms with Crippen LogP contribution in [0.5, 0.6) is 0 Å². The summed E-state index contributed by atoms with van der Waals surface area (Å²) < 4.78 is 7.16. The molecular formula is C34H32Br2N10O3S. The molecule has 13 nitrogen and oxygen atoms in total. The van der Waals surface area contributed by atoms with Gasteiger partial charge in [0.05, 0.1) is 34.6 Å². The van der Waals surface area contributed by atoms with E-state index < -0.39 is 0 Å². The molecule has 6 aromatic rings. The lowest BCUT2D eigenvalue weighted by atomic mass is 10.0. The lowest BCUT2D eigenvalue weighted by Crippen LogP contribution is -2.38. The van der Waals surface area contributed by atoms with E-state index in [2.05, 4.69) is 62.7 Å². The Balaban J connectivity index is 0.000000157. The Morgan fingerprint density at radius 1 is 0.700 bits per heavy atom. The molecule has 2 saturated heterocycles. The molecule has 2 aliphatic heterocycles. The van der Waals surface area contributed by atoms with Gasteiger partial charge in [-0.05, 0) is 109 Å². The van der Waals surface area contributed by atoms with E-state index in [4.69, 9.17) is 4.42 Å². The highest BCUT2D eigenvalue weighted by molar-refractivity contribution is 9.10. The molecule has 16 heteroatoms. The van der Waals surface area contributed by atoms with E-state index in [0.717, 1.165) is 70.3 Å². The number of carbonyl (C=O) groups is 2. The van der Waals surface area contributed by atoms with Gasteiger partial charge in [-0.1, -0.05) is 50.1 Å². The Morgan fingerprint density at radius 3 is 1.78 bits per heavy atom. The average Bonchev–Trinajstić information content (AvgIpc) is 3.99. The zero-order valence-electron chi connectivity index (χ0n) is 26.8. The number of hydrogen-bond acceptors (Lipinski definition) is 10. The molecule has 0 bridgehead atoms. The summed E-state index contributed by atoms with van der Waals surface area (Å²) in [5.41, 5.74) is 1.65. The predicted octanol–water partition coefficient (Wildman–Crippen LogP) is 7.24. The number of benzene rings is 2. The van der Waals surface area contributed by atoms with Crippen molar-refractivity contribution < 1.29 is 14.0 Å². The number of halogens is 2. The Labute approximate surface area is 308 Å². The fourth-order valence-electron chi connectivity index (χ4n) is 6.11. The SMILES string of the molecule is O=C(c1ccco1)N1CCCCC1c1nnn(-c2cccc(Br)c2)n1.O=C(c1cccs1)N1CCCCC1c1nnn(-c2cccc(Br)c2)n1. The molecule has 50 heavy (non-hydrogen) atoms. The number of aromatic nitrogens is 8. The van der Waals surface area contributed by atoms with Crippen molar-refractivity contribution in [3.8, 4) is 11.4 Å². The van der Waals surface area contributed by atoms with Crippen molar-refractivity contribution in [1.29, 1.82) is 0 Å². The van der Waals surface area contributed by atoms with Crippen LogP contribution in [0.1, 0.15) is 82.5 Å². The smallest absolute Gasteiger partial charge is 0.290 e. The maximum atomic E-state index is 12.8. The molecule has 2 aromatic carbocycles. The number of tetrazole rings is 2.